The molecule has 1 atom stereocenters. The number of rotatable bonds is 12. The Hall–Kier alpha value is -5.20. The molecule has 3 amide bonds. The number of carbonyl (C=O) groups excluding carboxylic acids is 5. The first-order chi connectivity index (χ1) is 22.9. The Morgan fingerprint density at radius 3 is 2.23 bits per heavy atom. The lowest BCUT2D eigenvalue weighted by Crippen LogP contribution is -2.56. The molecule has 1 aliphatic heterocycles. The van der Waals surface area contributed by atoms with E-state index in [-0.39, 0.29) is 63.7 Å². The molecule has 0 saturated carbocycles. The standard InChI is InChI=1S/C35H42N4O9/c1-5-45-34(44)39-19-17-38(18-20-39)33(43)27(15-16-30(40)48-35(2,3)4)37-32(42)28-21-29(25-13-9-10-14-26(25)36-28)46-23-31(41)47-22-24-11-7-6-8-12-24/h6-14,21,27H,5,15-20,22-23H2,1-4H3,(H,37,42)/t27-/m0/s1. The Morgan fingerprint density at radius 1 is 0.875 bits per heavy atom. The zero-order valence-electron chi connectivity index (χ0n) is 27.7. The number of ether oxygens (including phenoxy) is 4. The van der Waals surface area contributed by atoms with E-state index in [1.807, 2.05) is 30.3 Å². The summed E-state index contributed by atoms with van der Waals surface area (Å²) in [6.45, 7) is 7.84. The van der Waals surface area contributed by atoms with E-state index in [1.165, 1.54) is 11.0 Å². The Bertz CT molecular complexity index is 1600. The van der Waals surface area contributed by atoms with Crippen molar-refractivity contribution in [1.82, 2.24) is 20.1 Å². The van der Waals surface area contributed by atoms with E-state index in [9.17, 15) is 24.0 Å². The fourth-order valence-corrected chi connectivity index (χ4v) is 4.98. The lowest BCUT2D eigenvalue weighted by molar-refractivity contribution is -0.155. The second-order valence-corrected chi connectivity index (χ2v) is 12.1. The highest BCUT2D eigenvalue weighted by molar-refractivity contribution is 5.99. The molecule has 2 aromatic carbocycles. The lowest BCUT2D eigenvalue weighted by atomic mass is 10.1. The van der Waals surface area contributed by atoms with Gasteiger partial charge in [-0.05, 0) is 51.8 Å². The van der Waals surface area contributed by atoms with E-state index in [2.05, 4.69) is 10.3 Å². The van der Waals surface area contributed by atoms with Crippen molar-refractivity contribution in [1.29, 1.82) is 0 Å². The van der Waals surface area contributed by atoms with Crippen LogP contribution in [0.2, 0.25) is 0 Å². The molecule has 48 heavy (non-hydrogen) atoms. The number of amides is 3. The molecule has 1 N–H and O–H groups in total. The van der Waals surface area contributed by atoms with Gasteiger partial charge in [-0.15, -0.1) is 0 Å². The first kappa shape index (κ1) is 35.7. The van der Waals surface area contributed by atoms with Crippen LogP contribution in [0.3, 0.4) is 0 Å². The predicted octanol–water partition coefficient (Wildman–Crippen LogP) is 3.88. The fraction of sp³-hybridized carbons (Fsp3) is 0.429. The molecule has 1 aromatic heterocycles. The molecule has 0 aliphatic carbocycles. The Kier molecular flexibility index (Phi) is 12.3. The van der Waals surface area contributed by atoms with Crippen molar-refractivity contribution in [3.8, 4) is 5.75 Å². The molecule has 13 nitrogen and oxygen atoms in total. The van der Waals surface area contributed by atoms with Crippen LogP contribution in [0.25, 0.3) is 10.9 Å². The maximum absolute atomic E-state index is 13.7. The summed E-state index contributed by atoms with van der Waals surface area (Å²) >= 11 is 0. The molecule has 256 valence electrons. The largest absolute Gasteiger partial charge is 0.481 e. The van der Waals surface area contributed by atoms with Crippen LogP contribution in [0.15, 0.2) is 60.7 Å². The van der Waals surface area contributed by atoms with Crippen molar-refractivity contribution in [2.24, 2.45) is 0 Å². The van der Waals surface area contributed by atoms with E-state index >= 15 is 0 Å². The number of piperazine rings is 1. The Morgan fingerprint density at radius 2 is 1.54 bits per heavy atom. The molecule has 2 heterocycles. The number of nitrogens with one attached hydrogen (secondary N) is 1. The van der Waals surface area contributed by atoms with Crippen LogP contribution in [0.5, 0.6) is 5.75 Å². The zero-order chi connectivity index (χ0) is 34.7. The fourth-order valence-electron chi connectivity index (χ4n) is 4.98. The highest BCUT2D eigenvalue weighted by Gasteiger charge is 2.32. The van der Waals surface area contributed by atoms with Crippen LogP contribution >= 0.6 is 0 Å². The number of fused-ring (bicyclic) bond motifs is 1. The van der Waals surface area contributed by atoms with Gasteiger partial charge in [-0.3, -0.25) is 14.4 Å². The first-order valence-corrected chi connectivity index (χ1v) is 15.9. The molecule has 0 unspecified atom stereocenters. The van der Waals surface area contributed by atoms with E-state index < -0.39 is 48.1 Å². The highest BCUT2D eigenvalue weighted by atomic mass is 16.6. The molecule has 1 aliphatic rings. The van der Waals surface area contributed by atoms with Gasteiger partial charge < -0.3 is 34.1 Å². The van der Waals surface area contributed by atoms with Crippen LogP contribution in [0.4, 0.5) is 4.79 Å². The van der Waals surface area contributed by atoms with Crippen molar-refractivity contribution < 1.29 is 42.9 Å². The molecule has 13 heteroatoms. The van der Waals surface area contributed by atoms with Crippen molar-refractivity contribution in [2.45, 2.75) is 58.8 Å². The van der Waals surface area contributed by atoms with Gasteiger partial charge in [0, 0.05) is 44.1 Å². The summed E-state index contributed by atoms with van der Waals surface area (Å²) in [7, 11) is 0. The van der Waals surface area contributed by atoms with Crippen LogP contribution in [-0.4, -0.2) is 95.7 Å². The summed E-state index contributed by atoms with van der Waals surface area (Å²) in [5.41, 5.74) is 0.492. The van der Waals surface area contributed by atoms with E-state index in [1.54, 1.807) is 56.9 Å². The highest BCUT2D eigenvalue weighted by Crippen LogP contribution is 2.26. The van der Waals surface area contributed by atoms with Crippen molar-refractivity contribution >= 4 is 40.7 Å². The number of nitrogens with zero attached hydrogens (tertiary/aromatic N) is 3. The minimum Gasteiger partial charge on any atom is -0.481 e. The first-order valence-electron chi connectivity index (χ1n) is 15.9. The molecule has 0 radical (unpaired) electrons. The van der Waals surface area contributed by atoms with Gasteiger partial charge in [-0.25, -0.2) is 14.6 Å². The van der Waals surface area contributed by atoms with Crippen LogP contribution in [0.1, 0.15) is 56.6 Å². The monoisotopic (exact) mass is 662 g/mol. The molecular formula is C35H42N4O9. The third-order valence-corrected chi connectivity index (χ3v) is 7.28. The summed E-state index contributed by atoms with van der Waals surface area (Å²) in [5.74, 6) is -1.96. The SMILES string of the molecule is CCOC(=O)N1CCN(C(=O)[C@H](CCC(=O)OC(C)(C)C)NC(=O)c2cc(OCC(=O)OCc3ccccc3)c3ccccc3n2)CC1. The van der Waals surface area contributed by atoms with Gasteiger partial charge >= 0.3 is 18.0 Å². The minimum absolute atomic E-state index is 0.0260. The maximum atomic E-state index is 13.7. The Labute approximate surface area is 279 Å². The topological polar surface area (TPSA) is 154 Å². The molecule has 0 spiro atoms. The van der Waals surface area contributed by atoms with Gasteiger partial charge in [-0.2, -0.15) is 0 Å². The lowest BCUT2D eigenvalue weighted by Gasteiger charge is -2.36. The van der Waals surface area contributed by atoms with Crippen LogP contribution in [0, 0.1) is 0 Å². The quantitative estimate of drug-likeness (QED) is 0.223. The number of para-hydroxylation sites is 1. The third kappa shape index (κ3) is 10.4. The number of pyridine rings is 1. The van der Waals surface area contributed by atoms with Crippen molar-refractivity contribution in [3.63, 3.8) is 0 Å². The van der Waals surface area contributed by atoms with E-state index in [0.717, 1.165) is 5.56 Å². The summed E-state index contributed by atoms with van der Waals surface area (Å²) < 4.78 is 21.6. The number of hydrogen-bond acceptors (Lipinski definition) is 10. The number of esters is 2. The van der Waals surface area contributed by atoms with Crippen molar-refractivity contribution in [3.05, 3.63) is 71.9 Å². The predicted molar refractivity (Wildman–Crippen MR) is 175 cm³/mol. The third-order valence-electron chi connectivity index (χ3n) is 7.28. The summed E-state index contributed by atoms with van der Waals surface area (Å²) in [5, 5.41) is 3.32. The van der Waals surface area contributed by atoms with E-state index in [0.29, 0.717) is 10.9 Å². The average molecular weight is 663 g/mol. The number of hydrogen-bond donors (Lipinski definition) is 1. The average Bonchev–Trinajstić information content (AvgIpc) is 3.07. The van der Waals surface area contributed by atoms with Crippen LogP contribution in [-0.2, 0) is 35.2 Å². The number of benzene rings is 2. The molecule has 3 aromatic rings. The number of carbonyl (C=O) groups is 5. The maximum Gasteiger partial charge on any atom is 0.409 e. The van der Waals surface area contributed by atoms with Gasteiger partial charge in [-0.1, -0.05) is 42.5 Å². The number of aromatic nitrogens is 1. The van der Waals surface area contributed by atoms with Gasteiger partial charge in [0.15, 0.2) is 6.61 Å². The van der Waals surface area contributed by atoms with Gasteiger partial charge in [0.05, 0.1) is 12.1 Å². The Balaban J connectivity index is 1.48. The zero-order valence-corrected chi connectivity index (χ0v) is 27.7. The molecule has 1 saturated heterocycles. The molecular weight excluding hydrogens is 620 g/mol. The summed E-state index contributed by atoms with van der Waals surface area (Å²) in [6.07, 6.45) is -0.604. The molecule has 1 fully saturated rings. The van der Waals surface area contributed by atoms with Crippen molar-refractivity contribution in [2.75, 3.05) is 39.4 Å². The van der Waals surface area contributed by atoms with Crippen LogP contribution < -0.4 is 10.1 Å². The summed E-state index contributed by atoms with van der Waals surface area (Å²) in [6, 6.07) is 16.5. The smallest absolute Gasteiger partial charge is 0.409 e. The minimum atomic E-state index is -1.09. The normalized spacial score (nSPS) is 13.8. The summed E-state index contributed by atoms with van der Waals surface area (Å²) in [4.78, 5) is 72.1. The molecule has 4 rings (SSSR count). The van der Waals surface area contributed by atoms with Gasteiger partial charge in [0.2, 0.25) is 5.91 Å². The van der Waals surface area contributed by atoms with E-state index in [4.69, 9.17) is 18.9 Å². The molecule has 0 bridgehead atoms. The second kappa shape index (κ2) is 16.6. The second-order valence-electron chi connectivity index (χ2n) is 12.1. The van der Waals surface area contributed by atoms with Gasteiger partial charge in [0.1, 0.15) is 29.7 Å². The van der Waals surface area contributed by atoms with Gasteiger partial charge in [0.25, 0.3) is 5.91 Å².